The largest absolute Gasteiger partial charge is 1.00 e. The third kappa shape index (κ3) is 63.3. The van der Waals surface area contributed by atoms with Gasteiger partial charge in [-0.25, -0.2) is 0 Å². The molecule has 28 valence electrons. The summed E-state index contributed by atoms with van der Waals surface area (Å²) in [5.74, 6) is 0. The van der Waals surface area contributed by atoms with Gasteiger partial charge in [0.2, 0.25) is 0 Å². The Labute approximate surface area is 116 Å². The molecule has 0 aromatic heterocycles. The summed E-state index contributed by atoms with van der Waals surface area (Å²) in [4.78, 5) is 0. The van der Waals surface area contributed by atoms with E-state index in [4.69, 9.17) is 21.0 Å². The molecule has 0 aromatic rings. The van der Waals surface area contributed by atoms with E-state index in [1.807, 2.05) is 0 Å². The normalized spacial score (nSPS) is 1.50. The first-order chi connectivity index (χ1) is 2.00. The Bertz CT molecular complexity index is 12.0. The van der Waals surface area contributed by atoms with Gasteiger partial charge in [0.05, 0.1) is 0 Å². The van der Waals surface area contributed by atoms with Gasteiger partial charge in [-0.15, -0.1) is 0 Å². The second-order valence-corrected chi connectivity index (χ2v) is 0. The molecule has 0 saturated carbocycles. The fourth-order valence-electron chi connectivity index (χ4n) is 0. The standard InChI is InChI=1S/2Li.2Na.2O2/c;;;;2*1-2/q4*+1;2*-2. The molecule has 0 aliphatic carbocycles. The van der Waals surface area contributed by atoms with Gasteiger partial charge < -0.3 is 21.0 Å². The average Bonchev–Trinajstić information content (AvgIpc) is 1.50. The molecule has 0 N–H and O–H groups in total. The molecule has 0 aliphatic rings. The van der Waals surface area contributed by atoms with Crippen LogP contribution in [0.3, 0.4) is 0 Å². The fraction of sp³-hybridized carbons (Fsp3) is 0. The summed E-state index contributed by atoms with van der Waals surface area (Å²) in [6.07, 6.45) is 0. The zero-order valence-electron chi connectivity index (χ0n) is 5.63. The fourth-order valence-corrected chi connectivity index (χ4v) is 0. The van der Waals surface area contributed by atoms with Crippen molar-refractivity contribution in [3.63, 3.8) is 0 Å². The van der Waals surface area contributed by atoms with Crippen LogP contribution in [0.1, 0.15) is 0 Å². The van der Waals surface area contributed by atoms with Gasteiger partial charge >= 0.3 is 96.8 Å². The molecule has 0 amide bonds. The van der Waals surface area contributed by atoms with Crippen LogP contribution in [-0.4, -0.2) is 0 Å². The zero-order valence-corrected chi connectivity index (χ0v) is 9.63. The molecular weight excluding hydrogens is 124 g/mol. The van der Waals surface area contributed by atoms with Crippen molar-refractivity contribution in [2.45, 2.75) is 0 Å². The van der Waals surface area contributed by atoms with E-state index < -0.39 is 0 Å². The zero-order chi connectivity index (χ0) is 4.00. The predicted molar refractivity (Wildman–Crippen MR) is 0 cm³/mol. The number of rotatable bonds is 0. The van der Waals surface area contributed by atoms with Gasteiger partial charge in [-0.3, -0.25) is 0 Å². The minimum Gasteiger partial charge on any atom is -1.00 e. The van der Waals surface area contributed by atoms with Crippen LogP contribution in [-0.2, 0) is 0 Å². The molecule has 8 heteroatoms. The Balaban J connectivity index is -0.00000000167. The van der Waals surface area contributed by atoms with Crippen molar-refractivity contribution in [2.75, 3.05) is 0 Å². The van der Waals surface area contributed by atoms with Gasteiger partial charge in [0.1, 0.15) is 0 Å². The number of hydrogen-bond donors (Lipinski definition) is 0. The monoisotopic (exact) mass is 124 g/mol. The number of hydrogen-bond acceptors (Lipinski definition) is 4. The van der Waals surface area contributed by atoms with Gasteiger partial charge in [-0.2, -0.15) is 0 Å². The summed E-state index contributed by atoms with van der Waals surface area (Å²) >= 11 is 0. The van der Waals surface area contributed by atoms with Crippen molar-refractivity contribution in [3.05, 3.63) is 0 Å². The van der Waals surface area contributed by atoms with Gasteiger partial charge in [-0.1, -0.05) is 0 Å². The molecule has 0 saturated heterocycles. The van der Waals surface area contributed by atoms with Crippen LogP contribution < -0.4 is 118 Å². The van der Waals surface area contributed by atoms with Crippen molar-refractivity contribution >= 4 is 0 Å². The van der Waals surface area contributed by atoms with Crippen LogP contribution in [0, 0.1) is 0 Å². The molecule has 0 atom stereocenters. The summed E-state index contributed by atoms with van der Waals surface area (Å²) in [5, 5.41) is 28.0. The Morgan fingerprint density at radius 2 is 0.500 bits per heavy atom. The van der Waals surface area contributed by atoms with Crippen molar-refractivity contribution in [1.29, 1.82) is 0 Å². The molecule has 4 nitrogen and oxygen atoms in total. The van der Waals surface area contributed by atoms with Crippen LogP contribution in [0.25, 0.3) is 0 Å². The van der Waals surface area contributed by atoms with E-state index in [9.17, 15) is 0 Å². The van der Waals surface area contributed by atoms with Crippen molar-refractivity contribution in [2.24, 2.45) is 0 Å². The Morgan fingerprint density at radius 1 is 0.500 bits per heavy atom. The molecule has 0 fully saturated rings. The van der Waals surface area contributed by atoms with Crippen LogP contribution in [0.4, 0.5) is 0 Å². The molecule has 0 unspecified atom stereocenters. The molecule has 0 aromatic carbocycles. The third-order valence-corrected chi connectivity index (χ3v) is 0. The third-order valence-electron chi connectivity index (χ3n) is 0. The molecule has 0 bridgehead atoms. The van der Waals surface area contributed by atoms with Gasteiger partial charge in [-0.05, 0) is 0 Å². The predicted octanol–water partition coefficient (Wildman–Crippen LogP) is -16.7. The second-order valence-electron chi connectivity index (χ2n) is 0. The Hall–Kier alpha value is 3.03. The van der Waals surface area contributed by atoms with Crippen LogP contribution in [0.15, 0.2) is 0 Å². The maximum atomic E-state index is 7.00. The molecule has 0 heterocycles. The minimum atomic E-state index is 0. The SMILES string of the molecule is [Li+].[Li+].[Na+].[Na+].[O-][O-].[O-][O-]. The first-order valence-corrected chi connectivity index (χ1v) is 0.333. The molecule has 0 spiro atoms. The van der Waals surface area contributed by atoms with Crippen molar-refractivity contribution < 1.29 is 118 Å². The van der Waals surface area contributed by atoms with E-state index in [2.05, 4.69) is 0 Å². The molecule has 8 heavy (non-hydrogen) atoms. The summed E-state index contributed by atoms with van der Waals surface area (Å²) in [5.41, 5.74) is 0. The van der Waals surface area contributed by atoms with E-state index in [0.29, 0.717) is 0 Å². The van der Waals surface area contributed by atoms with Crippen LogP contribution >= 0.6 is 0 Å². The summed E-state index contributed by atoms with van der Waals surface area (Å²) in [6.45, 7) is 0. The topological polar surface area (TPSA) is 92.2 Å². The van der Waals surface area contributed by atoms with Crippen molar-refractivity contribution in [1.82, 2.24) is 0 Å². The Kier molecular flexibility index (Phi) is 487. The smallest absolute Gasteiger partial charge is 1.00 e. The molecule has 0 radical (unpaired) electrons. The van der Waals surface area contributed by atoms with E-state index in [1.54, 1.807) is 0 Å². The summed E-state index contributed by atoms with van der Waals surface area (Å²) in [7, 11) is 0. The molecule has 0 rings (SSSR count). The van der Waals surface area contributed by atoms with E-state index >= 15 is 0 Å². The van der Waals surface area contributed by atoms with Gasteiger partial charge in [0.25, 0.3) is 0 Å². The van der Waals surface area contributed by atoms with E-state index in [0.717, 1.165) is 0 Å². The quantitative estimate of drug-likeness (QED) is 0.182. The van der Waals surface area contributed by atoms with Gasteiger partial charge in [0.15, 0.2) is 0 Å². The first kappa shape index (κ1) is 43.8. The minimum absolute atomic E-state index is 0. The van der Waals surface area contributed by atoms with Crippen LogP contribution in [0.5, 0.6) is 0 Å². The average molecular weight is 124 g/mol. The van der Waals surface area contributed by atoms with E-state index in [-0.39, 0.29) is 96.8 Å². The second kappa shape index (κ2) is 88.9. The summed E-state index contributed by atoms with van der Waals surface area (Å²) < 4.78 is 0. The molecule has 0 aliphatic heterocycles. The Morgan fingerprint density at radius 3 is 0.500 bits per heavy atom. The first-order valence-electron chi connectivity index (χ1n) is 0.333. The maximum absolute atomic E-state index is 7.00. The van der Waals surface area contributed by atoms with Crippen molar-refractivity contribution in [3.8, 4) is 0 Å². The summed E-state index contributed by atoms with van der Waals surface area (Å²) in [6, 6.07) is 0. The molecular formula is Li2Na2O4. The maximum Gasteiger partial charge on any atom is 1.00 e. The van der Waals surface area contributed by atoms with E-state index in [1.165, 1.54) is 0 Å². The van der Waals surface area contributed by atoms with Crippen LogP contribution in [0.2, 0.25) is 0 Å². The van der Waals surface area contributed by atoms with Gasteiger partial charge in [0, 0.05) is 0 Å².